The molecule has 0 fully saturated rings. The van der Waals surface area contributed by atoms with E-state index in [1.807, 2.05) is 31.2 Å². The topological polar surface area (TPSA) is 58.5 Å². The monoisotopic (exact) mass is 344 g/mol. The van der Waals surface area contributed by atoms with E-state index < -0.39 is 0 Å². The molecule has 0 saturated carbocycles. The Morgan fingerprint density at radius 2 is 1.92 bits per heavy atom. The Balaban J connectivity index is 1.73. The molecule has 1 aliphatic heterocycles. The Hall–Kier alpha value is -3.08. The number of nitrogens with zero attached hydrogens (tertiary/aromatic N) is 4. The van der Waals surface area contributed by atoms with Crippen LogP contribution < -0.4 is 0 Å². The first kappa shape index (κ1) is 16.4. The molecule has 2 aromatic carbocycles. The fraction of sp³-hybridized carbons (Fsp3) is 0.238. The summed E-state index contributed by atoms with van der Waals surface area (Å²) in [5.74, 6) is 0.0249. The molecule has 3 aromatic rings. The lowest BCUT2D eigenvalue weighted by Gasteiger charge is -2.21. The van der Waals surface area contributed by atoms with Gasteiger partial charge in [-0.2, -0.15) is 5.10 Å². The van der Waals surface area contributed by atoms with Gasteiger partial charge in [-0.05, 0) is 30.2 Å². The fourth-order valence-electron chi connectivity index (χ4n) is 3.35. The molecule has 0 spiro atoms. The van der Waals surface area contributed by atoms with Gasteiger partial charge in [-0.3, -0.25) is 14.8 Å². The standard InChI is InChI=1S/C21H20N4O/c1-3-21(26)25-20(13-18(24-25)15-6-4-5-14(2)11-15)16-7-8-17-19(12-16)23-10-9-22-17/h4-12,20H,3,13H2,1-2H3/t20-/m0/s1. The van der Waals surface area contributed by atoms with Crippen molar-refractivity contribution < 1.29 is 4.79 Å². The molecule has 130 valence electrons. The minimum atomic E-state index is -0.107. The molecule has 0 saturated heterocycles. The molecule has 1 amide bonds. The molecule has 0 aliphatic carbocycles. The van der Waals surface area contributed by atoms with Crippen LogP contribution in [-0.4, -0.2) is 26.6 Å². The van der Waals surface area contributed by atoms with E-state index in [0.29, 0.717) is 12.8 Å². The summed E-state index contributed by atoms with van der Waals surface area (Å²) in [6.07, 6.45) is 4.49. The normalized spacial score (nSPS) is 16.8. The molecule has 0 unspecified atom stereocenters. The maximum Gasteiger partial charge on any atom is 0.242 e. The van der Waals surface area contributed by atoms with Gasteiger partial charge in [-0.15, -0.1) is 0 Å². The van der Waals surface area contributed by atoms with Crippen LogP contribution in [-0.2, 0) is 4.79 Å². The molecule has 5 nitrogen and oxygen atoms in total. The number of aryl methyl sites for hydroxylation is 1. The summed E-state index contributed by atoms with van der Waals surface area (Å²) in [7, 11) is 0. The highest BCUT2D eigenvalue weighted by Gasteiger charge is 2.32. The highest BCUT2D eigenvalue weighted by molar-refractivity contribution is 6.03. The van der Waals surface area contributed by atoms with E-state index in [1.54, 1.807) is 17.4 Å². The molecule has 5 heteroatoms. The number of hydrazone groups is 1. The first-order chi connectivity index (χ1) is 12.7. The predicted molar refractivity (Wildman–Crippen MR) is 102 cm³/mol. The second kappa shape index (κ2) is 6.67. The highest BCUT2D eigenvalue weighted by atomic mass is 16.2. The van der Waals surface area contributed by atoms with Gasteiger partial charge in [0.15, 0.2) is 0 Å². The van der Waals surface area contributed by atoms with E-state index in [1.165, 1.54) is 5.56 Å². The lowest BCUT2D eigenvalue weighted by molar-refractivity contribution is -0.132. The van der Waals surface area contributed by atoms with Crippen LogP contribution in [0.15, 0.2) is 60.0 Å². The van der Waals surface area contributed by atoms with Gasteiger partial charge in [0.2, 0.25) is 5.91 Å². The summed E-state index contributed by atoms with van der Waals surface area (Å²) in [5.41, 5.74) is 5.91. The Bertz CT molecular complexity index is 1010. The second-order valence-corrected chi connectivity index (χ2v) is 6.53. The van der Waals surface area contributed by atoms with E-state index in [0.717, 1.165) is 27.9 Å². The van der Waals surface area contributed by atoms with E-state index in [4.69, 9.17) is 0 Å². The summed E-state index contributed by atoms with van der Waals surface area (Å²) in [6, 6.07) is 14.1. The summed E-state index contributed by atoms with van der Waals surface area (Å²) < 4.78 is 0. The minimum Gasteiger partial charge on any atom is -0.273 e. The molecule has 0 radical (unpaired) electrons. The van der Waals surface area contributed by atoms with Gasteiger partial charge < -0.3 is 0 Å². The van der Waals surface area contributed by atoms with Crippen LogP contribution in [0, 0.1) is 6.92 Å². The molecule has 2 heterocycles. The van der Waals surface area contributed by atoms with Crippen molar-refractivity contribution >= 4 is 22.7 Å². The van der Waals surface area contributed by atoms with Crippen molar-refractivity contribution in [2.75, 3.05) is 0 Å². The Kier molecular flexibility index (Phi) is 4.21. The van der Waals surface area contributed by atoms with Crippen LogP contribution >= 0.6 is 0 Å². The number of amides is 1. The van der Waals surface area contributed by atoms with E-state index in [2.05, 4.69) is 40.2 Å². The lowest BCUT2D eigenvalue weighted by atomic mass is 9.97. The first-order valence-corrected chi connectivity index (χ1v) is 8.83. The molecule has 1 aliphatic rings. The third-order valence-corrected chi connectivity index (χ3v) is 4.70. The Morgan fingerprint density at radius 1 is 1.12 bits per heavy atom. The summed E-state index contributed by atoms with van der Waals surface area (Å²) in [4.78, 5) is 21.2. The minimum absolute atomic E-state index is 0.0249. The largest absolute Gasteiger partial charge is 0.273 e. The molecule has 26 heavy (non-hydrogen) atoms. The Labute approximate surface area is 152 Å². The van der Waals surface area contributed by atoms with Gasteiger partial charge >= 0.3 is 0 Å². The molecule has 1 aromatic heterocycles. The summed E-state index contributed by atoms with van der Waals surface area (Å²) >= 11 is 0. The summed E-state index contributed by atoms with van der Waals surface area (Å²) in [6.45, 7) is 3.93. The average Bonchev–Trinajstić information content (AvgIpc) is 3.12. The van der Waals surface area contributed by atoms with Crippen LogP contribution in [0.5, 0.6) is 0 Å². The number of fused-ring (bicyclic) bond motifs is 1. The molecule has 0 N–H and O–H groups in total. The average molecular weight is 344 g/mol. The van der Waals surface area contributed by atoms with Gasteiger partial charge in [0.1, 0.15) is 0 Å². The van der Waals surface area contributed by atoms with Crippen LogP contribution in [0.4, 0.5) is 0 Å². The third kappa shape index (κ3) is 2.96. The van der Waals surface area contributed by atoms with Crippen molar-refractivity contribution in [3.63, 3.8) is 0 Å². The van der Waals surface area contributed by atoms with Gasteiger partial charge in [-0.1, -0.05) is 42.8 Å². The van der Waals surface area contributed by atoms with Gasteiger partial charge in [0.05, 0.1) is 22.8 Å². The van der Waals surface area contributed by atoms with Crippen molar-refractivity contribution in [2.24, 2.45) is 5.10 Å². The first-order valence-electron chi connectivity index (χ1n) is 8.83. The zero-order valence-corrected chi connectivity index (χ0v) is 14.9. The van der Waals surface area contributed by atoms with Crippen molar-refractivity contribution in [2.45, 2.75) is 32.7 Å². The maximum atomic E-state index is 12.5. The zero-order valence-electron chi connectivity index (χ0n) is 14.9. The van der Waals surface area contributed by atoms with Gasteiger partial charge in [0, 0.05) is 25.2 Å². The van der Waals surface area contributed by atoms with Crippen LogP contribution in [0.1, 0.15) is 42.5 Å². The SMILES string of the molecule is CCC(=O)N1N=C(c2cccc(C)c2)C[C@H]1c1ccc2nccnc2c1. The smallest absolute Gasteiger partial charge is 0.242 e. The van der Waals surface area contributed by atoms with E-state index >= 15 is 0 Å². The fourth-order valence-corrected chi connectivity index (χ4v) is 3.35. The van der Waals surface area contributed by atoms with Crippen molar-refractivity contribution in [3.8, 4) is 0 Å². The molecular formula is C21H20N4O. The zero-order chi connectivity index (χ0) is 18.1. The van der Waals surface area contributed by atoms with Crippen LogP contribution in [0.3, 0.4) is 0 Å². The van der Waals surface area contributed by atoms with Crippen molar-refractivity contribution in [3.05, 3.63) is 71.5 Å². The Morgan fingerprint density at radius 3 is 2.69 bits per heavy atom. The molecular weight excluding hydrogens is 324 g/mol. The number of carbonyl (C=O) groups is 1. The van der Waals surface area contributed by atoms with Gasteiger partial charge in [-0.25, -0.2) is 5.01 Å². The quantitative estimate of drug-likeness (QED) is 0.721. The number of carbonyl (C=O) groups excluding carboxylic acids is 1. The number of benzene rings is 2. The lowest BCUT2D eigenvalue weighted by Crippen LogP contribution is -2.26. The highest BCUT2D eigenvalue weighted by Crippen LogP contribution is 2.34. The van der Waals surface area contributed by atoms with E-state index in [-0.39, 0.29) is 11.9 Å². The number of hydrogen-bond donors (Lipinski definition) is 0. The van der Waals surface area contributed by atoms with Gasteiger partial charge in [0.25, 0.3) is 0 Å². The van der Waals surface area contributed by atoms with Crippen LogP contribution in [0.25, 0.3) is 11.0 Å². The number of rotatable bonds is 3. The van der Waals surface area contributed by atoms with Crippen LogP contribution in [0.2, 0.25) is 0 Å². The van der Waals surface area contributed by atoms with E-state index in [9.17, 15) is 4.79 Å². The molecule has 0 bridgehead atoms. The maximum absolute atomic E-state index is 12.5. The predicted octanol–water partition coefficient (Wildman–Crippen LogP) is 4.03. The second-order valence-electron chi connectivity index (χ2n) is 6.53. The number of aromatic nitrogens is 2. The molecule has 4 rings (SSSR count). The van der Waals surface area contributed by atoms with Crippen molar-refractivity contribution in [1.29, 1.82) is 0 Å². The molecule has 1 atom stereocenters. The number of hydrogen-bond acceptors (Lipinski definition) is 4. The third-order valence-electron chi connectivity index (χ3n) is 4.70. The summed E-state index contributed by atoms with van der Waals surface area (Å²) in [5, 5.41) is 6.31. The van der Waals surface area contributed by atoms with Crippen molar-refractivity contribution in [1.82, 2.24) is 15.0 Å².